The molecule has 37 heavy (non-hydrogen) atoms. The molecule has 2 unspecified atom stereocenters. The fourth-order valence-corrected chi connectivity index (χ4v) is 5.95. The summed E-state index contributed by atoms with van der Waals surface area (Å²) in [4.78, 5) is 4.44. The first-order chi connectivity index (χ1) is 17.9. The molecule has 1 aliphatic heterocycles. The largest absolute Gasteiger partial charge is 0.482 e. The number of piperazine rings is 1. The van der Waals surface area contributed by atoms with Crippen LogP contribution in [0.5, 0.6) is 5.75 Å². The maximum absolute atomic E-state index is 14.9. The highest BCUT2D eigenvalue weighted by Crippen LogP contribution is 2.38. The molecule has 1 saturated heterocycles. The van der Waals surface area contributed by atoms with Crippen LogP contribution in [0.15, 0.2) is 48.5 Å². The SMILES string of the molecule is COC(C1CCCCC1)C(CCN1CCN(c2ccccc2OCC(F)(F)F)CC1)c1ccccc1F. The lowest BCUT2D eigenvalue weighted by Gasteiger charge is -2.39. The summed E-state index contributed by atoms with van der Waals surface area (Å²) in [5.41, 5.74) is 1.42. The fourth-order valence-electron chi connectivity index (χ4n) is 5.95. The minimum Gasteiger partial charge on any atom is -0.482 e. The van der Waals surface area contributed by atoms with Crippen LogP contribution in [0, 0.1) is 11.7 Å². The Hall–Kier alpha value is -2.32. The number of para-hydroxylation sites is 2. The number of benzene rings is 2. The Morgan fingerprint density at radius 2 is 1.59 bits per heavy atom. The minimum absolute atomic E-state index is 0.0175. The molecule has 0 radical (unpaired) electrons. The monoisotopic (exact) mass is 522 g/mol. The third-order valence-corrected chi connectivity index (χ3v) is 7.81. The van der Waals surface area contributed by atoms with Gasteiger partial charge in [0.2, 0.25) is 0 Å². The van der Waals surface area contributed by atoms with Gasteiger partial charge in [-0.2, -0.15) is 13.2 Å². The van der Waals surface area contributed by atoms with Gasteiger partial charge in [-0.25, -0.2) is 4.39 Å². The molecule has 8 heteroatoms. The van der Waals surface area contributed by atoms with Crippen LogP contribution < -0.4 is 9.64 Å². The zero-order valence-electron chi connectivity index (χ0n) is 21.6. The van der Waals surface area contributed by atoms with Gasteiger partial charge in [0.05, 0.1) is 11.8 Å². The highest BCUT2D eigenvalue weighted by Gasteiger charge is 2.34. The Morgan fingerprint density at radius 3 is 2.27 bits per heavy atom. The van der Waals surface area contributed by atoms with E-state index in [1.807, 2.05) is 24.3 Å². The molecule has 1 aliphatic carbocycles. The maximum Gasteiger partial charge on any atom is 0.422 e. The van der Waals surface area contributed by atoms with Crippen molar-refractivity contribution in [3.8, 4) is 5.75 Å². The van der Waals surface area contributed by atoms with Gasteiger partial charge < -0.3 is 14.4 Å². The van der Waals surface area contributed by atoms with Crippen molar-refractivity contribution in [2.24, 2.45) is 5.92 Å². The lowest BCUT2D eigenvalue weighted by atomic mass is 9.76. The van der Waals surface area contributed by atoms with Crippen LogP contribution in [0.1, 0.15) is 50.0 Å². The van der Waals surface area contributed by atoms with Gasteiger partial charge >= 0.3 is 6.18 Å². The van der Waals surface area contributed by atoms with Gasteiger partial charge in [0.1, 0.15) is 11.6 Å². The van der Waals surface area contributed by atoms with Crippen molar-refractivity contribution in [1.82, 2.24) is 4.90 Å². The smallest absolute Gasteiger partial charge is 0.422 e. The van der Waals surface area contributed by atoms with E-state index in [-0.39, 0.29) is 23.6 Å². The van der Waals surface area contributed by atoms with E-state index in [0.29, 0.717) is 24.7 Å². The van der Waals surface area contributed by atoms with Crippen molar-refractivity contribution < 1.29 is 27.0 Å². The molecule has 4 rings (SSSR count). The number of hydrogen-bond acceptors (Lipinski definition) is 4. The minimum atomic E-state index is -4.38. The summed E-state index contributed by atoms with van der Waals surface area (Å²) in [5.74, 6) is 0.492. The second kappa shape index (κ2) is 13.0. The number of nitrogens with zero attached hydrogens (tertiary/aromatic N) is 2. The van der Waals surface area contributed by atoms with Crippen molar-refractivity contribution in [2.75, 3.05) is 51.3 Å². The summed E-state index contributed by atoms with van der Waals surface area (Å²) in [6, 6.07) is 14.0. The quantitative estimate of drug-likeness (QED) is 0.326. The van der Waals surface area contributed by atoms with Crippen LogP contribution in [0.2, 0.25) is 0 Å². The average Bonchev–Trinajstić information content (AvgIpc) is 2.91. The van der Waals surface area contributed by atoms with Crippen LogP contribution in [-0.2, 0) is 4.74 Å². The number of methoxy groups -OCH3 is 1. The molecule has 1 saturated carbocycles. The second-order valence-corrected chi connectivity index (χ2v) is 10.2. The van der Waals surface area contributed by atoms with Crippen LogP contribution in [0.3, 0.4) is 0 Å². The summed E-state index contributed by atoms with van der Waals surface area (Å²) in [7, 11) is 1.75. The van der Waals surface area contributed by atoms with E-state index in [9.17, 15) is 17.6 Å². The third-order valence-electron chi connectivity index (χ3n) is 7.81. The van der Waals surface area contributed by atoms with Gasteiger partial charge in [-0.05, 0) is 55.5 Å². The van der Waals surface area contributed by atoms with E-state index in [1.54, 1.807) is 25.3 Å². The molecule has 4 nitrogen and oxygen atoms in total. The standard InChI is InChI=1S/C29H38F4N2O2/c1-36-28(22-9-3-2-4-10-22)24(23-11-5-6-12-25(23)30)15-16-34-17-19-35(20-18-34)26-13-7-8-14-27(26)37-21-29(31,32)33/h5-8,11-14,22,24,28H,2-4,9-10,15-21H2,1H3. The van der Waals surface area contributed by atoms with Gasteiger partial charge in [0, 0.05) is 39.2 Å². The van der Waals surface area contributed by atoms with Crippen LogP contribution in [-0.4, -0.2) is 63.6 Å². The lowest BCUT2D eigenvalue weighted by molar-refractivity contribution is -0.153. The molecule has 2 aliphatic rings. The molecule has 2 aromatic rings. The molecule has 0 spiro atoms. The predicted molar refractivity (Wildman–Crippen MR) is 138 cm³/mol. The van der Waals surface area contributed by atoms with Crippen molar-refractivity contribution in [3.05, 3.63) is 59.9 Å². The molecule has 2 aromatic carbocycles. The summed E-state index contributed by atoms with van der Waals surface area (Å²) in [6.45, 7) is 2.44. The molecule has 2 fully saturated rings. The van der Waals surface area contributed by atoms with E-state index >= 15 is 0 Å². The summed E-state index contributed by atoms with van der Waals surface area (Å²) >= 11 is 0. The van der Waals surface area contributed by atoms with Crippen LogP contribution in [0.4, 0.5) is 23.2 Å². The first-order valence-electron chi connectivity index (χ1n) is 13.4. The molecule has 0 aromatic heterocycles. The van der Waals surface area contributed by atoms with Gasteiger partial charge in [0.25, 0.3) is 0 Å². The van der Waals surface area contributed by atoms with Crippen molar-refractivity contribution >= 4 is 5.69 Å². The van der Waals surface area contributed by atoms with E-state index < -0.39 is 12.8 Å². The number of alkyl halides is 3. The first kappa shape index (κ1) is 27.7. The van der Waals surface area contributed by atoms with E-state index in [0.717, 1.165) is 44.5 Å². The zero-order valence-corrected chi connectivity index (χ0v) is 21.6. The molecular formula is C29H38F4N2O2. The molecule has 0 N–H and O–H groups in total. The molecule has 1 heterocycles. The molecule has 204 valence electrons. The van der Waals surface area contributed by atoms with Gasteiger partial charge in [-0.15, -0.1) is 0 Å². The average molecular weight is 523 g/mol. The highest BCUT2D eigenvalue weighted by molar-refractivity contribution is 5.58. The number of hydrogen-bond donors (Lipinski definition) is 0. The summed E-state index contributed by atoms with van der Waals surface area (Å²) in [5, 5.41) is 0. The van der Waals surface area contributed by atoms with Crippen LogP contribution in [0.25, 0.3) is 0 Å². The maximum atomic E-state index is 14.9. The van der Waals surface area contributed by atoms with E-state index in [1.165, 1.54) is 25.3 Å². The Labute approximate surface area is 217 Å². The third kappa shape index (κ3) is 7.60. The highest BCUT2D eigenvalue weighted by atomic mass is 19.4. The normalized spacial score (nSPS) is 19.5. The van der Waals surface area contributed by atoms with E-state index in [2.05, 4.69) is 9.80 Å². The van der Waals surface area contributed by atoms with E-state index in [4.69, 9.17) is 9.47 Å². The van der Waals surface area contributed by atoms with Crippen molar-refractivity contribution in [2.45, 2.75) is 56.7 Å². The first-order valence-corrected chi connectivity index (χ1v) is 13.4. The van der Waals surface area contributed by atoms with Crippen LogP contribution >= 0.6 is 0 Å². The number of ether oxygens (including phenoxy) is 2. The lowest BCUT2D eigenvalue weighted by Crippen LogP contribution is -2.47. The van der Waals surface area contributed by atoms with Crippen molar-refractivity contribution in [1.29, 1.82) is 0 Å². The zero-order chi connectivity index (χ0) is 26.3. The molecule has 2 atom stereocenters. The Bertz CT molecular complexity index is 972. The fraction of sp³-hybridized carbons (Fsp3) is 0.586. The summed E-state index contributed by atoms with van der Waals surface area (Å²) < 4.78 is 64.1. The number of anilines is 1. The number of rotatable bonds is 10. The van der Waals surface area contributed by atoms with Crippen molar-refractivity contribution in [3.63, 3.8) is 0 Å². The second-order valence-electron chi connectivity index (χ2n) is 10.2. The Morgan fingerprint density at radius 1 is 0.919 bits per heavy atom. The Kier molecular flexibility index (Phi) is 9.71. The molecule has 0 bridgehead atoms. The topological polar surface area (TPSA) is 24.9 Å². The van der Waals surface area contributed by atoms with Gasteiger partial charge in [0.15, 0.2) is 6.61 Å². The molecular weight excluding hydrogens is 484 g/mol. The van der Waals surface area contributed by atoms with Gasteiger partial charge in [-0.3, -0.25) is 4.90 Å². The molecule has 0 amide bonds. The summed E-state index contributed by atoms with van der Waals surface area (Å²) in [6.07, 6.45) is 2.30. The van der Waals surface area contributed by atoms with Gasteiger partial charge in [-0.1, -0.05) is 49.6 Å². The number of halogens is 4. The Balaban J connectivity index is 1.39. The predicted octanol–water partition coefficient (Wildman–Crippen LogP) is 6.66.